The van der Waals surface area contributed by atoms with Gasteiger partial charge in [0.1, 0.15) is 13.2 Å². The van der Waals surface area contributed by atoms with Crippen LogP contribution in [0.3, 0.4) is 0 Å². The number of fused-ring (bicyclic) bond motifs is 1. The largest absolute Gasteiger partial charge is 0.480 e. The van der Waals surface area contributed by atoms with Gasteiger partial charge < -0.3 is 9.47 Å². The molecule has 1 aromatic carbocycles. The summed E-state index contributed by atoms with van der Waals surface area (Å²) in [5.74, 6) is 0.834. The third kappa shape index (κ3) is 5.13. The van der Waals surface area contributed by atoms with Gasteiger partial charge in [0, 0.05) is 0 Å². The molecule has 0 unspecified atom stereocenters. The van der Waals surface area contributed by atoms with E-state index < -0.39 is 32.4 Å². The van der Waals surface area contributed by atoms with E-state index in [1.807, 2.05) is 0 Å². The van der Waals surface area contributed by atoms with Gasteiger partial charge in [-0.3, -0.25) is 8.37 Å². The van der Waals surface area contributed by atoms with Crippen molar-refractivity contribution in [2.75, 3.05) is 25.7 Å². The first-order valence-electron chi connectivity index (χ1n) is 6.25. The van der Waals surface area contributed by atoms with Gasteiger partial charge in [-0.05, 0) is 12.1 Å². The summed E-state index contributed by atoms with van der Waals surface area (Å²) in [5, 5.41) is 0. The highest BCUT2D eigenvalue weighted by Crippen LogP contribution is 2.33. The Morgan fingerprint density at radius 2 is 1.23 bits per heavy atom. The van der Waals surface area contributed by atoms with E-state index in [1.165, 1.54) is 0 Å². The summed E-state index contributed by atoms with van der Waals surface area (Å²) < 4.78 is 65.0. The Morgan fingerprint density at radius 1 is 0.864 bits per heavy atom. The van der Waals surface area contributed by atoms with Crippen molar-refractivity contribution in [3.63, 3.8) is 0 Å². The molecule has 0 N–H and O–H groups in total. The smallest absolute Gasteiger partial charge is 0.264 e. The van der Waals surface area contributed by atoms with E-state index in [9.17, 15) is 16.8 Å². The molecule has 0 aliphatic carbocycles. The highest BCUT2D eigenvalue weighted by atomic mass is 32.2. The molecule has 0 spiro atoms. The molecule has 124 valence electrons. The van der Waals surface area contributed by atoms with E-state index >= 15 is 0 Å². The summed E-state index contributed by atoms with van der Waals surface area (Å²) in [6, 6.07) is 6.75. The number of hydrogen-bond acceptors (Lipinski definition) is 8. The number of para-hydroxylation sites is 2. The Kier molecular flexibility index (Phi) is 4.95. The Bertz CT molecular complexity index is 662. The molecule has 1 aliphatic heterocycles. The summed E-state index contributed by atoms with van der Waals surface area (Å²) in [6.45, 7) is -0.629. The number of rotatable bonds is 6. The van der Waals surface area contributed by atoms with Crippen LogP contribution in [0.15, 0.2) is 24.3 Å². The van der Waals surface area contributed by atoms with E-state index in [0.717, 1.165) is 12.5 Å². The van der Waals surface area contributed by atoms with Crippen LogP contribution in [0.2, 0.25) is 0 Å². The molecular formula is C12H16O8S2. The van der Waals surface area contributed by atoms with Crippen molar-refractivity contribution in [3.05, 3.63) is 24.3 Å². The van der Waals surface area contributed by atoms with Crippen LogP contribution >= 0.6 is 0 Å². The highest BCUT2D eigenvalue weighted by Gasteiger charge is 2.33. The van der Waals surface area contributed by atoms with Gasteiger partial charge in [-0.1, -0.05) is 12.1 Å². The molecule has 0 saturated heterocycles. The molecule has 10 heteroatoms. The zero-order valence-corrected chi connectivity index (χ0v) is 13.6. The quantitative estimate of drug-likeness (QED) is 0.666. The maximum Gasteiger partial charge on any atom is 0.264 e. The van der Waals surface area contributed by atoms with Crippen LogP contribution in [0.1, 0.15) is 0 Å². The van der Waals surface area contributed by atoms with Gasteiger partial charge in [0.05, 0.1) is 12.5 Å². The number of ether oxygens (including phenoxy) is 2. The molecule has 0 saturated carbocycles. The molecule has 2 rings (SSSR count). The average Bonchev–Trinajstić information content (AvgIpc) is 2.40. The predicted octanol–water partition coefficient (Wildman–Crippen LogP) is 0.147. The summed E-state index contributed by atoms with van der Waals surface area (Å²) in [4.78, 5) is 0. The molecule has 1 aromatic rings. The molecule has 22 heavy (non-hydrogen) atoms. The highest BCUT2D eigenvalue weighted by molar-refractivity contribution is 7.86. The zero-order chi connectivity index (χ0) is 16.4. The van der Waals surface area contributed by atoms with Crippen molar-refractivity contribution in [2.24, 2.45) is 0 Å². The molecular weight excluding hydrogens is 336 g/mol. The Balaban J connectivity index is 2.14. The van der Waals surface area contributed by atoms with Crippen LogP contribution in [-0.4, -0.2) is 54.8 Å². The first kappa shape index (κ1) is 17.0. The third-order valence-corrected chi connectivity index (χ3v) is 3.84. The van der Waals surface area contributed by atoms with Crippen molar-refractivity contribution in [1.82, 2.24) is 0 Å². The lowest BCUT2D eigenvalue weighted by atomic mass is 10.2. The van der Waals surface area contributed by atoms with Crippen LogP contribution in [0.4, 0.5) is 0 Å². The van der Waals surface area contributed by atoms with Crippen molar-refractivity contribution < 1.29 is 34.7 Å². The van der Waals surface area contributed by atoms with Crippen molar-refractivity contribution in [1.29, 1.82) is 0 Å². The fraction of sp³-hybridized carbons (Fsp3) is 0.500. The second-order valence-electron chi connectivity index (χ2n) is 4.74. The van der Waals surface area contributed by atoms with Crippen molar-refractivity contribution in [3.8, 4) is 11.5 Å². The maximum atomic E-state index is 11.1. The first-order valence-corrected chi connectivity index (χ1v) is 9.88. The van der Waals surface area contributed by atoms with Gasteiger partial charge in [-0.15, -0.1) is 0 Å². The lowest BCUT2D eigenvalue weighted by Gasteiger charge is -2.33. The third-order valence-electron chi connectivity index (χ3n) is 2.71. The fourth-order valence-corrected chi connectivity index (χ4v) is 2.55. The zero-order valence-electron chi connectivity index (χ0n) is 12.0. The predicted molar refractivity (Wildman–Crippen MR) is 76.9 cm³/mol. The lowest BCUT2D eigenvalue weighted by Crippen LogP contribution is -2.46. The summed E-state index contributed by atoms with van der Waals surface area (Å²) in [7, 11) is -7.32. The molecule has 0 amide bonds. The number of hydrogen-bond donors (Lipinski definition) is 0. The normalized spacial score (nSPS) is 21.5. The van der Waals surface area contributed by atoms with Crippen LogP contribution in [0, 0.1) is 0 Å². The second kappa shape index (κ2) is 6.41. The minimum absolute atomic E-state index is 0.315. The van der Waals surface area contributed by atoms with E-state index in [-0.39, 0.29) is 13.2 Å². The van der Waals surface area contributed by atoms with E-state index in [0.29, 0.717) is 11.5 Å². The van der Waals surface area contributed by atoms with E-state index in [4.69, 9.17) is 17.8 Å². The number of benzene rings is 1. The van der Waals surface area contributed by atoms with Crippen LogP contribution in [0.25, 0.3) is 0 Å². The lowest BCUT2D eigenvalue weighted by molar-refractivity contribution is -0.0231. The van der Waals surface area contributed by atoms with Gasteiger partial charge >= 0.3 is 0 Å². The van der Waals surface area contributed by atoms with Gasteiger partial charge in [-0.2, -0.15) is 16.8 Å². The maximum absolute atomic E-state index is 11.1. The van der Waals surface area contributed by atoms with Gasteiger partial charge in [0.2, 0.25) is 0 Å². The topological polar surface area (TPSA) is 105 Å². The van der Waals surface area contributed by atoms with E-state index in [2.05, 4.69) is 0 Å². The van der Waals surface area contributed by atoms with Crippen molar-refractivity contribution in [2.45, 2.75) is 12.2 Å². The first-order chi connectivity index (χ1) is 10.1. The van der Waals surface area contributed by atoms with Crippen LogP contribution in [-0.2, 0) is 28.6 Å². The molecule has 2 atom stereocenters. The molecule has 0 radical (unpaired) electrons. The van der Waals surface area contributed by atoms with Crippen LogP contribution in [0.5, 0.6) is 11.5 Å². The summed E-state index contributed by atoms with van der Waals surface area (Å²) in [5.41, 5.74) is 0. The molecule has 0 fully saturated rings. The SMILES string of the molecule is CS(=O)(=O)OC[C@H]1Oc2ccccc2O[C@@H]1COS(C)(=O)=O. The minimum Gasteiger partial charge on any atom is -0.480 e. The standard InChI is InChI=1S/C12H16O8S2/c1-21(13,14)17-7-11-12(8-18-22(2,15)16)20-10-6-4-3-5-9(10)19-11/h3-6,11-12H,7-8H2,1-2H3/t11-,12-/m1/s1. The van der Waals surface area contributed by atoms with Crippen LogP contribution < -0.4 is 9.47 Å². The van der Waals surface area contributed by atoms with Gasteiger partial charge in [0.15, 0.2) is 23.7 Å². The Morgan fingerprint density at radius 3 is 1.55 bits per heavy atom. The molecule has 0 aromatic heterocycles. The summed E-state index contributed by atoms with van der Waals surface area (Å²) in [6.07, 6.45) is 0.164. The van der Waals surface area contributed by atoms with E-state index in [1.54, 1.807) is 24.3 Å². The minimum atomic E-state index is -3.66. The monoisotopic (exact) mass is 352 g/mol. The second-order valence-corrected chi connectivity index (χ2v) is 8.02. The summed E-state index contributed by atoms with van der Waals surface area (Å²) >= 11 is 0. The molecule has 0 bridgehead atoms. The fourth-order valence-electron chi connectivity index (χ4n) is 1.79. The molecule has 1 aliphatic rings. The Labute approximate surface area is 129 Å². The van der Waals surface area contributed by atoms with Gasteiger partial charge in [-0.25, -0.2) is 0 Å². The van der Waals surface area contributed by atoms with Gasteiger partial charge in [0.25, 0.3) is 20.2 Å². The molecule has 8 nitrogen and oxygen atoms in total. The molecule has 1 heterocycles. The Hall–Kier alpha value is -1.36. The average molecular weight is 352 g/mol. The van der Waals surface area contributed by atoms with Crippen molar-refractivity contribution >= 4 is 20.2 Å².